The monoisotopic (exact) mass is 395 g/mol. The fraction of sp³-hybridized carbons (Fsp3) is 0.316. The summed E-state index contributed by atoms with van der Waals surface area (Å²) in [5, 5.41) is 3.34. The molecule has 27 heavy (non-hydrogen) atoms. The molecule has 2 aliphatic rings. The topological polar surface area (TPSA) is 63.2 Å². The number of benzene rings is 2. The van der Waals surface area contributed by atoms with Gasteiger partial charge in [0.05, 0.1) is 15.4 Å². The molecule has 2 atom stereocenters. The SMILES string of the molecule is O=C1CC2Cc3c(cccc3S(=O)(=O)c3ccc(C(F)(F)F)cc3)C(C1)N2. The predicted molar refractivity (Wildman–Crippen MR) is 90.9 cm³/mol. The van der Waals surface area contributed by atoms with Gasteiger partial charge in [0.25, 0.3) is 0 Å². The Bertz CT molecular complexity index is 1010. The molecular formula is C19H16F3NO3S. The maximum absolute atomic E-state index is 13.1. The summed E-state index contributed by atoms with van der Waals surface area (Å²) in [6, 6.07) is 8.08. The molecule has 8 heteroatoms. The predicted octanol–water partition coefficient (Wildman–Crippen LogP) is 3.46. The second-order valence-electron chi connectivity index (χ2n) is 6.92. The van der Waals surface area contributed by atoms with Crippen LogP contribution in [-0.4, -0.2) is 20.2 Å². The molecule has 0 saturated carbocycles. The minimum Gasteiger partial charge on any atom is -0.306 e. The van der Waals surface area contributed by atoms with Crippen LogP contribution in [-0.2, 0) is 27.2 Å². The fourth-order valence-corrected chi connectivity index (χ4v) is 5.43. The second kappa shape index (κ2) is 6.17. The Morgan fingerprint density at radius 3 is 2.33 bits per heavy atom. The van der Waals surface area contributed by atoms with Gasteiger partial charge >= 0.3 is 6.18 Å². The van der Waals surface area contributed by atoms with Crippen molar-refractivity contribution < 1.29 is 26.4 Å². The van der Waals surface area contributed by atoms with Gasteiger partial charge in [0.15, 0.2) is 0 Å². The summed E-state index contributed by atoms with van der Waals surface area (Å²) in [5.41, 5.74) is 0.528. The zero-order valence-corrected chi connectivity index (χ0v) is 14.9. The molecule has 0 aliphatic carbocycles. The molecule has 4 nitrogen and oxygen atoms in total. The van der Waals surface area contributed by atoms with E-state index in [9.17, 15) is 26.4 Å². The van der Waals surface area contributed by atoms with Crippen molar-refractivity contribution >= 4 is 15.6 Å². The van der Waals surface area contributed by atoms with Crippen LogP contribution in [0.2, 0.25) is 0 Å². The Labute approximate surface area is 154 Å². The maximum Gasteiger partial charge on any atom is 0.416 e. The smallest absolute Gasteiger partial charge is 0.306 e. The van der Waals surface area contributed by atoms with Crippen molar-refractivity contribution in [3.05, 3.63) is 59.2 Å². The Morgan fingerprint density at radius 2 is 1.67 bits per heavy atom. The number of halogens is 3. The average molecular weight is 395 g/mol. The number of carbonyl (C=O) groups is 1. The lowest BCUT2D eigenvalue weighted by Gasteiger charge is -2.37. The number of hydrogen-bond donors (Lipinski definition) is 1. The van der Waals surface area contributed by atoms with Gasteiger partial charge in [0.2, 0.25) is 9.84 Å². The average Bonchev–Trinajstić information content (AvgIpc) is 2.60. The molecule has 0 amide bonds. The van der Waals surface area contributed by atoms with Crippen molar-refractivity contribution in [1.82, 2.24) is 5.32 Å². The van der Waals surface area contributed by atoms with Crippen LogP contribution in [0.5, 0.6) is 0 Å². The highest BCUT2D eigenvalue weighted by Gasteiger charge is 2.37. The third-order valence-electron chi connectivity index (χ3n) is 5.12. The Hall–Kier alpha value is -2.19. The number of fused-ring (bicyclic) bond motifs is 4. The van der Waals surface area contributed by atoms with Crippen molar-refractivity contribution in [1.29, 1.82) is 0 Å². The van der Waals surface area contributed by atoms with E-state index in [1.807, 2.05) is 0 Å². The van der Waals surface area contributed by atoms with E-state index in [1.54, 1.807) is 12.1 Å². The van der Waals surface area contributed by atoms with Crippen molar-refractivity contribution in [3.63, 3.8) is 0 Å². The van der Waals surface area contributed by atoms with Gasteiger partial charge in [-0.15, -0.1) is 0 Å². The van der Waals surface area contributed by atoms with Gasteiger partial charge in [-0.25, -0.2) is 8.42 Å². The number of carbonyl (C=O) groups excluding carboxylic acids is 1. The van der Waals surface area contributed by atoms with Crippen molar-refractivity contribution in [2.75, 3.05) is 0 Å². The standard InChI is InChI=1S/C19H16F3NO3S/c20-19(21,22)11-4-6-14(7-5-11)27(25,26)18-3-1-2-15-16(18)9-12-8-13(24)10-17(15)23-12/h1-7,12,17,23H,8-10H2. The van der Waals surface area contributed by atoms with Crippen LogP contribution < -0.4 is 5.32 Å². The van der Waals surface area contributed by atoms with Crippen LogP contribution in [0.3, 0.4) is 0 Å². The molecular weight excluding hydrogens is 379 g/mol. The van der Waals surface area contributed by atoms with Crippen LogP contribution >= 0.6 is 0 Å². The summed E-state index contributed by atoms with van der Waals surface area (Å²) in [5.74, 6) is 0.144. The van der Waals surface area contributed by atoms with Gasteiger partial charge in [-0.1, -0.05) is 12.1 Å². The Morgan fingerprint density at radius 1 is 0.963 bits per heavy atom. The van der Waals surface area contributed by atoms with Gasteiger partial charge in [0.1, 0.15) is 5.78 Å². The van der Waals surface area contributed by atoms with Crippen LogP contribution in [0.1, 0.15) is 35.6 Å². The van der Waals surface area contributed by atoms with Gasteiger partial charge in [0, 0.05) is 24.9 Å². The molecule has 2 unspecified atom stereocenters. The first kappa shape index (κ1) is 18.2. The Kier molecular flexibility index (Phi) is 4.16. The first-order valence-corrected chi connectivity index (χ1v) is 9.96. The third-order valence-corrected chi connectivity index (χ3v) is 6.97. The zero-order valence-electron chi connectivity index (χ0n) is 14.1. The highest BCUT2D eigenvalue weighted by atomic mass is 32.2. The quantitative estimate of drug-likeness (QED) is 0.846. The molecule has 2 bridgehead atoms. The van der Waals surface area contributed by atoms with Crippen LogP contribution in [0.25, 0.3) is 0 Å². The molecule has 4 rings (SSSR count). The summed E-state index contributed by atoms with van der Waals surface area (Å²) < 4.78 is 64.4. The lowest BCUT2D eigenvalue weighted by atomic mass is 9.81. The van der Waals surface area contributed by atoms with Gasteiger partial charge in [-0.05, 0) is 47.9 Å². The third kappa shape index (κ3) is 3.17. The van der Waals surface area contributed by atoms with E-state index in [1.165, 1.54) is 6.07 Å². The number of sulfone groups is 1. The lowest BCUT2D eigenvalue weighted by Crippen LogP contribution is -2.46. The van der Waals surface area contributed by atoms with Gasteiger partial charge in [-0.3, -0.25) is 4.79 Å². The number of piperidine rings is 1. The van der Waals surface area contributed by atoms with E-state index in [0.717, 1.165) is 29.8 Å². The fourth-order valence-electron chi connectivity index (χ4n) is 3.89. The van der Waals surface area contributed by atoms with Gasteiger partial charge in [-0.2, -0.15) is 13.2 Å². The lowest BCUT2D eigenvalue weighted by molar-refractivity contribution is -0.137. The summed E-state index contributed by atoms with van der Waals surface area (Å²) in [4.78, 5) is 11.8. The van der Waals surface area contributed by atoms with Crippen LogP contribution in [0.4, 0.5) is 13.2 Å². The summed E-state index contributed by atoms with van der Waals surface area (Å²) in [6.07, 6.45) is -3.46. The number of rotatable bonds is 2. The molecule has 2 aliphatic heterocycles. The minimum absolute atomic E-state index is 0.102. The largest absolute Gasteiger partial charge is 0.416 e. The Balaban J connectivity index is 1.78. The summed E-state index contributed by atoms with van der Waals surface area (Å²) in [7, 11) is -3.97. The normalized spacial score (nSPS) is 22.4. The maximum atomic E-state index is 13.1. The molecule has 0 spiro atoms. The van der Waals surface area contributed by atoms with Crippen LogP contribution in [0.15, 0.2) is 52.3 Å². The van der Waals surface area contributed by atoms with E-state index in [4.69, 9.17) is 0 Å². The van der Waals surface area contributed by atoms with E-state index in [0.29, 0.717) is 24.8 Å². The molecule has 142 valence electrons. The number of alkyl halides is 3. The number of Topliss-reactive ketones (excluding diaryl/α,β-unsaturated/α-hetero) is 1. The molecule has 2 aromatic carbocycles. The highest BCUT2D eigenvalue weighted by molar-refractivity contribution is 7.91. The van der Waals surface area contributed by atoms with E-state index in [2.05, 4.69) is 5.32 Å². The van der Waals surface area contributed by atoms with Gasteiger partial charge < -0.3 is 5.32 Å². The minimum atomic E-state index is -4.52. The highest BCUT2D eigenvalue weighted by Crippen LogP contribution is 2.38. The second-order valence-corrected chi connectivity index (χ2v) is 8.83. The molecule has 1 fully saturated rings. The molecule has 1 saturated heterocycles. The van der Waals surface area contributed by atoms with Crippen molar-refractivity contribution in [2.24, 2.45) is 0 Å². The number of hydrogen-bond acceptors (Lipinski definition) is 4. The molecule has 0 aromatic heterocycles. The zero-order chi connectivity index (χ0) is 19.4. The molecule has 1 N–H and O–H groups in total. The summed E-state index contributed by atoms with van der Waals surface area (Å²) >= 11 is 0. The van der Waals surface area contributed by atoms with Crippen molar-refractivity contribution in [3.8, 4) is 0 Å². The summed E-state index contributed by atoms with van der Waals surface area (Å²) in [6.45, 7) is 0. The van der Waals surface area contributed by atoms with Crippen molar-refractivity contribution in [2.45, 2.75) is 47.3 Å². The molecule has 2 aromatic rings. The van der Waals surface area contributed by atoms with E-state index in [-0.39, 0.29) is 27.7 Å². The number of ketones is 1. The molecule has 0 radical (unpaired) electrons. The van der Waals surface area contributed by atoms with Crippen LogP contribution in [0, 0.1) is 0 Å². The first-order chi connectivity index (χ1) is 12.7. The molecule has 2 heterocycles. The number of nitrogens with one attached hydrogen (secondary N) is 1. The first-order valence-electron chi connectivity index (χ1n) is 8.48. The van der Waals surface area contributed by atoms with E-state index >= 15 is 0 Å². The van der Waals surface area contributed by atoms with E-state index < -0.39 is 21.6 Å².